The molecule has 3 heterocycles. The van der Waals surface area contributed by atoms with Crippen LogP contribution in [0.5, 0.6) is 17.2 Å². The highest BCUT2D eigenvalue weighted by Crippen LogP contribution is 2.50. The van der Waals surface area contributed by atoms with Gasteiger partial charge in [0.15, 0.2) is 18.1 Å². The maximum atomic E-state index is 12.7. The predicted molar refractivity (Wildman–Crippen MR) is 117 cm³/mol. The number of aliphatic hydroxyl groups excluding tert-OH is 1. The molecule has 2 aromatic carbocycles. The van der Waals surface area contributed by atoms with Crippen LogP contribution in [-0.4, -0.2) is 59.1 Å². The van der Waals surface area contributed by atoms with Crippen molar-refractivity contribution in [2.24, 2.45) is 0 Å². The fourth-order valence-corrected chi connectivity index (χ4v) is 5.47. The summed E-state index contributed by atoms with van der Waals surface area (Å²) in [6, 6.07) is 9.42. The van der Waals surface area contributed by atoms with Crippen LogP contribution in [0, 0.1) is 10.1 Å². The van der Waals surface area contributed by atoms with Gasteiger partial charge in [-0.3, -0.25) is 15.0 Å². The van der Waals surface area contributed by atoms with Crippen LogP contribution < -0.4 is 14.2 Å². The molecule has 4 atom stereocenters. The zero-order valence-electron chi connectivity index (χ0n) is 18.1. The first-order chi connectivity index (χ1) is 16.5. The second kappa shape index (κ2) is 8.00. The molecule has 176 valence electrons. The number of ether oxygens (including phenoxy) is 4. The van der Waals surface area contributed by atoms with E-state index in [4.69, 9.17) is 18.9 Å². The first kappa shape index (κ1) is 20.9. The minimum Gasteiger partial charge on any atom is -0.482 e. The van der Waals surface area contributed by atoms with Gasteiger partial charge in [0.2, 0.25) is 6.79 Å². The van der Waals surface area contributed by atoms with Crippen molar-refractivity contribution in [3.8, 4) is 17.2 Å². The SMILES string of the molecule is O=C(COc1ccc([N+](=O)[O-])cc1)OC1C(O)C=C2CCN3Cc4cc5c(cc4C1C23)OCO5. The van der Waals surface area contributed by atoms with E-state index in [0.29, 0.717) is 17.2 Å². The number of nitro groups is 1. The average Bonchev–Trinajstić information content (AvgIpc) is 3.45. The summed E-state index contributed by atoms with van der Waals surface area (Å²) in [6.45, 7) is 1.41. The van der Waals surface area contributed by atoms with Crippen molar-refractivity contribution in [2.75, 3.05) is 19.9 Å². The molecule has 10 nitrogen and oxygen atoms in total. The Morgan fingerprint density at radius 2 is 1.97 bits per heavy atom. The fourth-order valence-electron chi connectivity index (χ4n) is 5.47. The predicted octanol–water partition coefficient (Wildman–Crippen LogP) is 2.29. The smallest absolute Gasteiger partial charge is 0.344 e. The first-order valence-electron chi connectivity index (χ1n) is 11.1. The molecule has 10 heteroatoms. The molecule has 0 saturated carbocycles. The Hall–Kier alpha value is -3.63. The maximum absolute atomic E-state index is 12.7. The number of carbonyl (C=O) groups is 1. The second-order valence-electron chi connectivity index (χ2n) is 8.82. The van der Waals surface area contributed by atoms with Crippen molar-refractivity contribution in [1.29, 1.82) is 0 Å². The Bertz CT molecular complexity index is 1190. The van der Waals surface area contributed by atoms with Crippen LogP contribution in [0.4, 0.5) is 5.69 Å². The van der Waals surface area contributed by atoms with Gasteiger partial charge in [-0.15, -0.1) is 0 Å². The monoisotopic (exact) mass is 466 g/mol. The van der Waals surface area contributed by atoms with Crippen molar-refractivity contribution in [3.63, 3.8) is 0 Å². The highest BCUT2D eigenvalue weighted by atomic mass is 16.7. The lowest BCUT2D eigenvalue weighted by molar-refractivity contribution is -0.384. The number of nitrogens with zero attached hydrogens (tertiary/aromatic N) is 2. The molecule has 4 aliphatic rings. The number of aliphatic hydroxyl groups is 1. The molecule has 6 rings (SSSR count). The lowest BCUT2D eigenvalue weighted by atomic mass is 9.73. The third-order valence-electron chi connectivity index (χ3n) is 6.92. The normalized spacial score (nSPS) is 26.3. The summed E-state index contributed by atoms with van der Waals surface area (Å²) in [5, 5.41) is 21.7. The van der Waals surface area contributed by atoms with Crippen molar-refractivity contribution < 1.29 is 33.8 Å². The van der Waals surface area contributed by atoms with Crippen molar-refractivity contribution in [2.45, 2.75) is 37.1 Å². The van der Waals surface area contributed by atoms with Crippen LogP contribution >= 0.6 is 0 Å². The molecule has 0 aromatic heterocycles. The van der Waals surface area contributed by atoms with Crippen LogP contribution in [0.1, 0.15) is 23.5 Å². The quantitative estimate of drug-likeness (QED) is 0.306. The minimum atomic E-state index is -0.948. The van der Waals surface area contributed by atoms with Crippen molar-refractivity contribution in [1.82, 2.24) is 4.90 Å². The molecule has 0 bridgehead atoms. The molecule has 1 fully saturated rings. The summed E-state index contributed by atoms with van der Waals surface area (Å²) in [5.41, 5.74) is 3.16. The molecular weight excluding hydrogens is 444 g/mol. The van der Waals surface area contributed by atoms with Gasteiger partial charge in [0, 0.05) is 37.2 Å². The summed E-state index contributed by atoms with van der Waals surface area (Å²) in [4.78, 5) is 25.3. The molecule has 3 aliphatic heterocycles. The molecule has 0 radical (unpaired) electrons. The molecule has 1 aliphatic carbocycles. The van der Waals surface area contributed by atoms with Gasteiger partial charge in [0.1, 0.15) is 18.0 Å². The van der Waals surface area contributed by atoms with Gasteiger partial charge in [0.05, 0.1) is 4.92 Å². The van der Waals surface area contributed by atoms with Gasteiger partial charge in [-0.25, -0.2) is 4.79 Å². The van der Waals surface area contributed by atoms with Crippen LogP contribution in [0.25, 0.3) is 0 Å². The molecule has 0 amide bonds. The van der Waals surface area contributed by atoms with Gasteiger partial charge >= 0.3 is 5.97 Å². The van der Waals surface area contributed by atoms with E-state index < -0.39 is 23.1 Å². The minimum absolute atomic E-state index is 0.0460. The number of hydrogen-bond donors (Lipinski definition) is 1. The van der Waals surface area contributed by atoms with E-state index in [1.807, 2.05) is 18.2 Å². The number of fused-ring (bicyclic) bond motifs is 3. The van der Waals surface area contributed by atoms with E-state index in [-0.39, 0.29) is 31.0 Å². The maximum Gasteiger partial charge on any atom is 0.344 e. The third kappa shape index (κ3) is 3.46. The molecule has 0 spiro atoms. The number of hydrogen-bond acceptors (Lipinski definition) is 9. The highest BCUT2D eigenvalue weighted by Gasteiger charge is 2.50. The zero-order valence-corrected chi connectivity index (χ0v) is 18.1. The average molecular weight is 466 g/mol. The topological polar surface area (TPSA) is 121 Å². The summed E-state index contributed by atoms with van der Waals surface area (Å²) in [6.07, 6.45) is 0.939. The van der Waals surface area contributed by atoms with Gasteiger partial charge in [-0.1, -0.05) is 11.6 Å². The molecule has 2 aromatic rings. The summed E-state index contributed by atoms with van der Waals surface area (Å²) in [5.74, 6) is 0.790. The van der Waals surface area contributed by atoms with Gasteiger partial charge in [-0.2, -0.15) is 0 Å². The van der Waals surface area contributed by atoms with Gasteiger partial charge in [0.25, 0.3) is 5.69 Å². The largest absolute Gasteiger partial charge is 0.482 e. The standard InChI is InChI=1S/C24H22N2O8/c27-18-7-13-5-6-25-10-14-8-19-20(33-12-32-19)9-17(14)22(23(13)25)24(18)34-21(28)11-31-16-3-1-15(2-4-16)26(29)30/h1-4,7-9,18,22-24,27H,5-6,10-12H2. The number of benzene rings is 2. The molecule has 34 heavy (non-hydrogen) atoms. The molecule has 4 unspecified atom stereocenters. The second-order valence-corrected chi connectivity index (χ2v) is 8.82. The third-order valence-corrected chi connectivity index (χ3v) is 6.92. The lowest BCUT2D eigenvalue weighted by Gasteiger charge is -2.45. The Labute approximate surface area is 194 Å². The Morgan fingerprint density at radius 1 is 1.21 bits per heavy atom. The lowest BCUT2D eigenvalue weighted by Crippen LogP contribution is -2.51. The van der Waals surface area contributed by atoms with E-state index in [9.17, 15) is 20.0 Å². The number of nitro benzene ring substituents is 1. The Balaban J connectivity index is 1.24. The number of carbonyl (C=O) groups excluding carboxylic acids is 1. The molecular formula is C24H22N2O8. The van der Waals surface area contributed by atoms with Crippen LogP contribution in [0.15, 0.2) is 48.0 Å². The molecule has 1 saturated heterocycles. The number of non-ortho nitro benzene ring substituents is 1. The fraction of sp³-hybridized carbons (Fsp3) is 0.375. The van der Waals surface area contributed by atoms with E-state index in [1.165, 1.54) is 24.3 Å². The number of esters is 1. The van der Waals surface area contributed by atoms with E-state index in [0.717, 1.165) is 36.2 Å². The van der Waals surface area contributed by atoms with Crippen LogP contribution in [0.3, 0.4) is 0 Å². The van der Waals surface area contributed by atoms with Gasteiger partial charge in [-0.05, 0) is 41.8 Å². The molecule has 1 N–H and O–H groups in total. The van der Waals surface area contributed by atoms with E-state index in [2.05, 4.69) is 4.90 Å². The number of rotatable bonds is 5. The van der Waals surface area contributed by atoms with E-state index >= 15 is 0 Å². The summed E-state index contributed by atoms with van der Waals surface area (Å²) in [7, 11) is 0. The Morgan fingerprint density at radius 3 is 2.74 bits per heavy atom. The van der Waals surface area contributed by atoms with Crippen molar-refractivity contribution >= 4 is 11.7 Å². The van der Waals surface area contributed by atoms with Crippen LogP contribution in [0.2, 0.25) is 0 Å². The highest BCUT2D eigenvalue weighted by molar-refractivity contribution is 5.71. The zero-order chi connectivity index (χ0) is 23.4. The Kier molecular flexibility index (Phi) is 4.93. The van der Waals surface area contributed by atoms with Crippen LogP contribution in [-0.2, 0) is 16.1 Å². The van der Waals surface area contributed by atoms with Crippen molar-refractivity contribution in [3.05, 3.63) is 69.3 Å². The summed E-state index contributed by atoms with van der Waals surface area (Å²) < 4.78 is 22.4. The van der Waals surface area contributed by atoms with Gasteiger partial charge < -0.3 is 24.1 Å². The van der Waals surface area contributed by atoms with E-state index in [1.54, 1.807) is 0 Å². The summed E-state index contributed by atoms with van der Waals surface area (Å²) >= 11 is 0. The first-order valence-corrected chi connectivity index (χ1v) is 11.1.